The fraction of sp³-hybridized carbons (Fsp3) is 0.440. The van der Waals surface area contributed by atoms with E-state index in [1.54, 1.807) is 18.2 Å². The molecule has 5 rings (SSSR count). The first-order valence-electron chi connectivity index (χ1n) is 11.6. The molecule has 2 aromatic rings. The summed E-state index contributed by atoms with van der Waals surface area (Å²) in [6.07, 6.45) is 7.51. The third-order valence-electron chi connectivity index (χ3n) is 6.85. The monoisotopic (exact) mass is 448 g/mol. The Morgan fingerprint density at radius 1 is 1.15 bits per heavy atom. The smallest absolute Gasteiger partial charge is 0.208 e. The Kier molecular flexibility index (Phi) is 5.85. The van der Waals surface area contributed by atoms with Crippen molar-refractivity contribution < 1.29 is 9.84 Å². The van der Waals surface area contributed by atoms with Crippen molar-refractivity contribution in [3.8, 4) is 17.0 Å². The maximum absolute atomic E-state index is 10.7. The Morgan fingerprint density at radius 2 is 2.00 bits per heavy atom. The van der Waals surface area contributed by atoms with Gasteiger partial charge in [0.1, 0.15) is 5.75 Å². The van der Waals surface area contributed by atoms with Gasteiger partial charge < -0.3 is 25.5 Å². The molecule has 1 saturated carbocycles. The summed E-state index contributed by atoms with van der Waals surface area (Å²) in [4.78, 5) is 2.29. The van der Waals surface area contributed by atoms with E-state index >= 15 is 0 Å². The Balaban J connectivity index is 1.25. The predicted octanol–water partition coefficient (Wildman–Crippen LogP) is 3.09. The van der Waals surface area contributed by atoms with Crippen LogP contribution in [0.2, 0.25) is 0 Å². The van der Waals surface area contributed by atoms with Gasteiger partial charge in [-0.05, 0) is 55.0 Å². The van der Waals surface area contributed by atoms with Crippen LogP contribution >= 0.6 is 0 Å². The number of aromatic nitrogens is 2. The molecule has 174 valence electrons. The van der Waals surface area contributed by atoms with Gasteiger partial charge in [0.2, 0.25) is 5.88 Å². The zero-order valence-electron chi connectivity index (χ0n) is 19.5. The van der Waals surface area contributed by atoms with Crippen LogP contribution in [0.3, 0.4) is 0 Å². The third kappa shape index (κ3) is 4.48. The fourth-order valence-electron chi connectivity index (χ4n) is 4.91. The first-order valence-corrected chi connectivity index (χ1v) is 11.6. The van der Waals surface area contributed by atoms with E-state index in [0.29, 0.717) is 29.2 Å². The molecule has 8 nitrogen and oxygen atoms in total. The molecule has 0 bridgehead atoms. The lowest BCUT2D eigenvalue weighted by Crippen LogP contribution is -2.46. The summed E-state index contributed by atoms with van der Waals surface area (Å²) in [7, 11) is 3.50. The van der Waals surface area contributed by atoms with Gasteiger partial charge in [-0.1, -0.05) is 13.0 Å². The van der Waals surface area contributed by atoms with Gasteiger partial charge in [-0.25, -0.2) is 0 Å². The molecule has 8 heteroatoms. The highest BCUT2D eigenvalue weighted by atomic mass is 16.5. The Morgan fingerprint density at radius 3 is 2.70 bits per heavy atom. The molecule has 2 aliphatic heterocycles. The van der Waals surface area contributed by atoms with E-state index in [2.05, 4.69) is 32.8 Å². The largest absolute Gasteiger partial charge is 0.507 e. The molecule has 1 aromatic heterocycles. The van der Waals surface area contributed by atoms with Gasteiger partial charge in [-0.15, -0.1) is 10.2 Å². The molecule has 0 spiro atoms. The van der Waals surface area contributed by atoms with Crippen LogP contribution in [-0.2, 0) is 4.74 Å². The second kappa shape index (κ2) is 8.94. The number of methoxy groups -OCH3 is 1. The van der Waals surface area contributed by atoms with Gasteiger partial charge in [0, 0.05) is 55.6 Å². The van der Waals surface area contributed by atoms with Crippen molar-refractivity contribution in [1.29, 1.82) is 0 Å². The first kappa shape index (κ1) is 21.6. The van der Waals surface area contributed by atoms with Crippen LogP contribution in [0.25, 0.3) is 16.8 Å². The van der Waals surface area contributed by atoms with Crippen molar-refractivity contribution >= 4 is 11.4 Å². The van der Waals surface area contributed by atoms with Gasteiger partial charge in [-0.2, -0.15) is 0 Å². The molecule has 3 heterocycles. The number of ether oxygens (including phenoxy) is 1. The molecule has 2 fully saturated rings. The van der Waals surface area contributed by atoms with Crippen LogP contribution < -0.4 is 15.6 Å². The molecule has 3 N–H and O–H groups in total. The molecule has 1 atom stereocenters. The number of nitrogens with zero attached hydrogens (tertiary/aromatic N) is 4. The summed E-state index contributed by atoms with van der Waals surface area (Å²) in [6, 6.07) is 10.7. The molecule has 1 saturated heterocycles. The van der Waals surface area contributed by atoms with E-state index < -0.39 is 0 Å². The molecule has 1 aliphatic carbocycles. The lowest BCUT2D eigenvalue weighted by atomic mass is 9.81. The normalized spacial score (nSPS) is 24.6. The predicted molar refractivity (Wildman–Crippen MR) is 129 cm³/mol. The Labute approximate surface area is 194 Å². The van der Waals surface area contributed by atoms with Crippen LogP contribution in [0.1, 0.15) is 31.7 Å². The molecule has 3 aliphatic rings. The van der Waals surface area contributed by atoms with Gasteiger partial charge >= 0.3 is 0 Å². The Bertz CT molecular complexity index is 1060. The number of allylic oxidation sites excluding steroid dienone is 2. The van der Waals surface area contributed by atoms with E-state index in [4.69, 9.17) is 4.74 Å². The highest BCUT2D eigenvalue weighted by Crippen LogP contribution is 2.33. The van der Waals surface area contributed by atoms with Gasteiger partial charge in [0.05, 0.1) is 12.8 Å². The van der Waals surface area contributed by atoms with Crippen LogP contribution in [0.4, 0.5) is 5.82 Å². The summed E-state index contributed by atoms with van der Waals surface area (Å²) in [5, 5.41) is 25.1. The average Bonchev–Trinajstić information content (AvgIpc) is 3.27. The van der Waals surface area contributed by atoms with E-state index in [0.717, 1.165) is 42.4 Å². The highest BCUT2D eigenvalue weighted by molar-refractivity contribution is 5.79. The summed E-state index contributed by atoms with van der Waals surface area (Å²) >= 11 is 0. The van der Waals surface area contributed by atoms with Crippen LogP contribution in [0, 0.1) is 5.92 Å². The van der Waals surface area contributed by atoms with Gasteiger partial charge in [0.15, 0.2) is 5.82 Å². The maximum Gasteiger partial charge on any atom is 0.208 e. The van der Waals surface area contributed by atoms with Gasteiger partial charge in [-0.3, -0.25) is 5.01 Å². The van der Waals surface area contributed by atoms with Crippen molar-refractivity contribution in [1.82, 2.24) is 25.9 Å². The summed E-state index contributed by atoms with van der Waals surface area (Å²) in [5.74, 6) is 2.61. The molecule has 1 aromatic carbocycles. The second-order valence-electron chi connectivity index (χ2n) is 9.35. The molecule has 0 radical (unpaired) electrons. The SMILES string of the molecule is COC1=CC(c2ccc(-c3ccc(N4CC[C@H](NC5CC(C)C5)C4)nn3)c(O)c2)=CNN1C. The van der Waals surface area contributed by atoms with Gasteiger partial charge in [0.25, 0.3) is 0 Å². The minimum atomic E-state index is 0.168. The molecule has 33 heavy (non-hydrogen) atoms. The topological polar surface area (TPSA) is 85.8 Å². The summed E-state index contributed by atoms with van der Waals surface area (Å²) < 4.78 is 5.36. The standard InChI is InChI=1S/C25H32N6O2/c1-16-10-20(11-16)27-19-8-9-31(15-19)24-7-6-22(28-29-24)21-5-4-17(12-23(21)32)18-13-25(33-3)30(2)26-14-18/h4-7,12-14,16,19-20,26-27,32H,8-11,15H2,1-3H3/t16?,19-,20?/m0/s1. The number of anilines is 1. The molecule has 0 amide bonds. The number of phenolic OH excluding ortho intramolecular Hbond substituents is 1. The lowest BCUT2D eigenvalue weighted by Gasteiger charge is -2.35. The van der Waals surface area contributed by atoms with Crippen LogP contribution in [0.15, 0.2) is 48.5 Å². The number of rotatable bonds is 6. The van der Waals surface area contributed by atoms with Crippen molar-refractivity contribution in [3.63, 3.8) is 0 Å². The zero-order chi connectivity index (χ0) is 22.9. The number of hydrazine groups is 1. The number of aromatic hydroxyl groups is 1. The number of hydrogen-bond acceptors (Lipinski definition) is 8. The van der Waals surface area contributed by atoms with E-state index in [1.807, 2.05) is 43.6 Å². The van der Waals surface area contributed by atoms with Crippen molar-refractivity contribution in [2.24, 2.45) is 5.92 Å². The van der Waals surface area contributed by atoms with Crippen molar-refractivity contribution in [2.45, 2.75) is 38.3 Å². The third-order valence-corrected chi connectivity index (χ3v) is 6.85. The van der Waals surface area contributed by atoms with E-state index in [-0.39, 0.29) is 5.75 Å². The second-order valence-corrected chi connectivity index (χ2v) is 9.35. The molecule has 0 unspecified atom stereocenters. The average molecular weight is 449 g/mol. The van der Waals surface area contributed by atoms with Crippen molar-refractivity contribution in [3.05, 3.63) is 54.1 Å². The summed E-state index contributed by atoms with van der Waals surface area (Å²) in [5.41, 5.74) is 6.24. The quantitative estimate of drug-likeness (QED) is 0.622. The van der Waals surface area contributed by atoms with Crippen LogP contribution in [-0.4, -0.2) is 59.6 Å². The fourth-order valence-corrected chi connectivity index (χ4v) is 4.91. The zero-order valence-corrected chi connectivity index (χ0v) is 19.5. The summed E-state index contributed by atoms with van der Waals surface area (Å²) in [6.45, 7) is 4.27. The lowest BCUT2D eigenvalue weighted by molar-refractivity contribution is 0.148. The molecular formula is C25H32N6O2. The highest BCUT2D eigenvalue weighted by Gasteiger charge is 2.31. The number of nitrogens with one attached hydrogen (secondary N) is 2. The number of benzene rings is 1. The maximum atomic E-state index is 10.7. The first-order chi connectivity index (χ1) is 16.0. The number of hydrogen-bond donors (Lipinski definition) is 3. The minimum absolute atomic E-state index is 0.168. The van der Waals surface area contributed by atoms with Crippen LogP contribution in [0.5, 0.6) is 5.75 Å². The minimum Gasteiger partial charge on any atom is -0.507 e. The van der Waals surface area contributed by atoms with E-state index in [1.165, 1.54) is 12.8 Å². The molecular weight excluding hydrogens is 416 g/mol. The number of phenols is 1. The van der Waals surface area contributed by atoms with Crippen molar-refractivity contribution in [2.75, 3.05) is 32.1 Å². The van der Waals surface area contributed by atoms with E-state index in [9.17, 15) is 5.11 Å². The Hall–Kier alpha value is -3.26.